The molecule has 3 N–H and O–H groups in total. The summed E-state index contributed by atoms with van der Waals surface area (Å²) in [5.74, 6) is 0.326. The SMILES string of the molecule is O=S(=O)(N[C@H]1CC[C@H](c2ccc(O)cc2O)CC1)c1ccccc1. The van der Waals surface area contributed by atoms with Gasteiger partial charge in [-0.25, -0.2) is 13.1 Å². The second kappa shape index (κ2) is 6.83. The van der Waals surface area contributed by atoms with Gasteiger partial charge < -0.3 is 10.2 Å². The third kappa shape index (κ3) is 3.71. The topological polar surface area (TPSA) is 86.6 Å². The van der Waals surface area contributed by atoms with Crippen molar-refractivity contribution in [2.45, 2.75) is 42.5 Å². The number of nitrogens with one attached hydrogen (secondary N) is 1. The molecule has 5 nitrogen and oxygen atoms in total. The van der Waals surface area contributed by atoms with Gasteiger partial charge in [0.1, 0.15) is 11.5 Å². The van der Waals surface area contributed by atoms with Crippen LogP contribution < -0.4 is 4.72 Å². The fourth-order valence-corrected chi connectivity index (χ4v) is 4.61. The Kier molecular flexibility index (Phi) is 4.78. The van der Waals surface area contributed by atoms with Crippen LogP contribution >= 0.6 is 0 Å². The highest BCUT2D eigenvalue weighted by molar-refractivity contribution is 7.89. The van der Waals surface area contributed by atoms with Crippen LogP contribution in [0, 0.1) is 0 Å². The van der Waals surface area contributed by atoms with E-state index in [1.165, 1.54) is 6.07 Å². The van der Waals surface area contributed by atoms with E-state index in [2.05, 4.69) is 4.72 Å². The van der Waals surface area contributed by atoms with Crippen LogP contribution in [0.2, 0.25) is 0 Å². The lowest BCUT2D eigenvalue weighted by Crippen LogP contribution is -2.37. The van der Waals surface area contributed by atoms with Crippen molar-refractivity contribution in [3.63, 3.8) is 0 Å². The van der Waals surface area contributed by atoms with Gasteiger partial charge in [0, 0.05) is 12.1 Å². The number of phenols is 2. The Hall–Kier alpha value is -2.05. The average Bonchev–Trinajstić information content (AvgIpc) is 2.56. The molecule has 0 atom stereocenters. The molecule has 0 saturated heterocycles. The highest BCUT2D eigenvalue weighted by Gasteiger charge is 2.27. The summed E-state index contributed by atoms with van der Waals surface area (Å²) in [6, 6.07) is 12.9. The molecule has 1 saturated carbocycles. The summed E-state index contributed by atoms with van der Waals surface area (Å²) in [7, 11) is -3.49. The Morgan fingerprint density at radius 3 is 2.21 bits per heavy atom. The first-order valence-electron chi connectivity index (χ1n) is 8.05. The Morgan fingerprint density at radius 1 is 0.917 bits per heavy atom. The Balaban J connectivity index is 1.63. The summed E-state index contributed by atoms with van der Waals surface area (Å²) in [5, 5.41) is 19.4. The normalized spacial score (nSPS) is 21.5. The van der Waals surface area contributed by atoms with E-state index in [9.17, 15) is 18.6 Å². The molecule has 0 spiro atoms. The lowest BCUT2D eigenvalue weighted by atomic mass is 9.81. The van der Waals surface area contributed by atoms with Gasteiger partial charge >= 0.3 is 0 Å². The first-order valence-corrected chi connectivity index (χ1v) is 9.53. The van der Waals surface area contributed by atoms with Crippen LogP contribution in [-0.2, 0) is 10.0 Å². The molecule has 2 aromatic rings. The number of phenolic OH excluding ortho intramolecular Hbond substituents is 2. The predicted octanol–water partition coefficient (Wildman–Crippen LogP) is 3.10. The number of hydrogen-bond acceptors (Lipinski definition) is 4. The van der Waals surface area contributed by atoms with Crippen molar-refractivity contribution in [2.75, 3.05) is 0 Å². The predicted molar refractivity (Wildman–Crippen MR) is 91.5 cm³/mol. The molecule has 128 valence electrons. The highest BCUT2D eigenvalue weighted by Crippen LogP contribution is 2.38. The molecule has 6 heteroatoms. The van der Waals surface area contributed by atoms with Crippen molar-refractivity contribution >= 4 is 10.0 Å². The van der Waals surface area contributed by atoms with E-state index >= 15 is 0 Å². The minimum atomic E-state index is -3.49. The maximum atomic E-state index is 12.4. The highest BCUT2D eigenvalue weighted by atomic mass is 32.2. The van der Waals surface area contributed by atoms with Gasteiger partial charge in [-0.15, -0.1) is 0 Å². The Bertz CT molecular complexity index is 797. The summed E-state index contributed by atoms with van der Waals surface area (Å²) in [5.41, 5.74) is 0.817. The minimum absolute atomic E-state index is 0.0422. The van der Waals surface area contributed by atoms with Crippen LogP contribution in [0.3, 0.4) is 0 Å². The van der Waals surface area contributed by atoms with Gasteiger partial charge in [-0.3, -0.25) is 0 Å². The van der Waals surface area contributed by atoms with Gasteiger partial charge in [0.25, 0.3) is 0 Å². The van der Waals surface area contributed by atoms with E-state index < -0.39 is 10.0 Å². The van der Waals surface area contributed by atoms with Gasteiger partial charge in [0.15, 0.2) is 0 Å². The lowest BCUT2D eigenvalue weighted by Gasteiger charge is -2.29. The van der Waals surface area contributed by atoms with Crippen molar-refractivity contribution in [2.24, 2.45) is 0 Å². The largest absolute Gasteiger partial charge is 0.508 e. The minimum Gasteiger partial charge on any atom is -0.508 e. The second-order valence-electron chi connectivity index (χ2n) is 6.23. The monoisotopic (exact) mass is 347 g/mol. The van der Waals surface area contributed by atoms with Gasteiger partial charge in [-0.1, -0.05) is 24.3 Å². The fourth-order valence-electron chi connectivity index (χ4n) is 3.29. The molecule has 1 aliphatic rings. The van der Waals surface area contributed by atoms with Gasteiger partial charge in [0.05, 0.1) is 4.90 Å². The van der Waals surface area contributed by atoms with Crippen molar-refractivity contribution in [1.82, 2.24) is 4.72 Å². The average molecular weight is 347 g/mol. The van der Waals surface area contributed by atoms with Gasteiger partial charge in [0.2, 0.25) is 10.0 Å². The van der Waals surface area contributed by atoms with E-state index in [1.54, 1.807) is 42.5 Å². The van der Waals surface area contributed by atoms with Crippen LogP contribution in [-0.4, -0.2) is 24.7 Å². The van der Waals surface area contributed by atoms with Crippen molar-refractivity contribution in [3.8, 4) is 11.5 Å². The molecular formula is C18H21NO4S. The van der Waals surface area contributed by atoms with Crippen LogP contribution in [0.15, 0.2) is 53.4 Å². The maximum absolute atomic E-state index is 12.4. The van der Waals surface area contributed by atoms with E-state index in [0.717, 1.165) is 31.2 Å². The molecule has 0 aromatic heterocycles. The Morgan fingerprint density at radius 2 is 1.58 bits per heavy atom. The molecule has 1 fully saturated rings. The molecule has 2 aromatic carbocycles. The molecular weight excluding hydrogens is 326 g/mol. The third-order valence-corrected chi connectivity index (χ3v) is 6.09. The third-order valence-electron chi connectivity index (χ3n) is 4.56. The van der Waals surface area contributed by atoms with Crippen molar-refractivity contribution < 1.29 is 18.6 Å². The molecule has 0 heterocycles. The first-order chi connectivity index (χ1) is 11.5. The smallest absolute Gasteiger partial charge is 0.240 e. The zero-order chi connectivity index (χ0) is 17.2. The van der Waals surface area contributed by atoms with Crippen molar-refractivity contribution in [1.29, 1.82) is 0 Å². The first kappa shape index (κ1) is 16.8. The molecule has 1 aliphatic carbocycles. The van der Waals surface area contributed by atoms with Gasteiger partial charge in [-0.2, -0.15) is 0 Å². The van der Waals surface area contributed by atoms with Gasteiger partial charge in [-0.05, 0) is 55.4 Å². The summed E-state index contributed by atoms with van der Waals surface area (Å²) in [6.07, 6.45) is 3.02. The molecule has 0 amide bonds. The number of aromatic hydroxyl groups is 2. The summed E-state index contributed by atoms with van der Waals surface area (Å²) < 4.78 is 27.5. The fraction of sp³-hybridized carbons (Fsp3) is 0.333. The number of sulfonamides is 1. The number of hydrogen-bond donors (Lipinski definition) is 3. The molecule has 0 unspecified atom stereocenters. The van der Waals surface area contributed by atoms with E-state index in [-0.39, 0.29) is 28.4 Å². The summed E-state index contributed by atoms with van der Waals surface area (Å²) in [6.45, 7) is 0. The number of benzene rings is 2. The summed E-state index contributed by atoms with van der Waals surface area (Å²) >= 11 is 0. The molecule has 24 heavy (non-hydrogen) atoms. The lowest BCUT2D eigenvalue weighted by molar-refractivity contribution is 0.362. The van der Waals surface area contributed by atoms with E-state index in [4.69, 9.17) is 0 Å². The molecule has 3 rings (SSSR count). The Labute approximate surface area is 142 Å². The van der Waals surface area contributed by atoms with Crippen LogP contribution in [0.4, 0.5) is 0 Å². The van der Waals surface area contributed by atoms with E-state index in [1.807, 2.05) is 0 Å². The molecule has 0 bridgehead atoms. The van der Waals surface area contributed by atoms with Crippen LogP contribution in [0.5, 0.6) is 11.5 Å². The van der Waals surface area contributed by atoms with E-state index in [0.29, 0.717) is 0 Å². The quantitative estimate of drug-likeness (QED) is 0.793. The second-order valence-corrected chi connectivity index (χ2v) is 7.94. The maximum Gasteiger partial charge on any atom is 0.240 e. The van der Waals surface area contributed by atoms with Crippen molar-refractivity contribution in [3.05, 3.63) is 54.1 Å². The standard InChI is InChI=1S/C18H21NO4S/c20-15-10-11-17(18(21)12-15)13-6-8-14(9-7-13)19-24(22,23)16-4-2-1-3-5-16/h1-5,10-14,19-21H,6-9H2/t13-,14-. The zero-order valence-corrected chi connectivity index (χ0v) is 14.0. The number of rotatable bonds is 4. The summed E-state index contributed by atoms with van der Waals surface area (Å²) in [4.78, 5) is 0.281. The molecule has 0 radical (unpaired) electrons. The van der Waals surface area contributed by atoms with Crippen LogP contribution in [0.1, 0.15) is 37.2 Å². The van der Waals surface area contributed by atoms with Crippen LogP contribution in [0.25, 0.3) is 0 Å². The zero-order valence-electron chi connectivity index (χ0n) is 13.2. The molecule has 0 aliphatic heterocycles.